The Morgan fingerprint density at radius 3 is 2.69 bits per heavy atom. The van der Waals surface area contributed by atoms with Crippen molar-refractivity contribution >= 4 is 29.0 Å². The molecule has 1 aliphatic heterocycles. The molecule has 8 heteroatoms. The molecule has 0 saturated carbocycles. The fourth-order valence-corrected chi connectivity index (χ4v) is 3.07. The van der Waals surface area contributed by atoms with E-state index >= 15 is 0 Å². The number of rotatable bonds is 5. The zero-order valence-corrected chi connectivity index (χ0v) is 15.7. The zero-order chi connectivity index (χ0) is 18.5. The lowest BCUT2D eigenvalue weighted by molar-refractivity contribution is -0.117. The van der Waals surface area contributed by atoms with Crippen molar-refractivity contribution in [2.75, 3.05) is 50.1 Å². The summed E-state index contributed by atoms with van der Waals surface area (Å²) in [5, 5.41) is 3.53. The zero-order valence-electron chi connectivity index (χ0n) is 14.9. The number of methoxy groups -OCH3 is 1. The smallest absolute Gasteiger partial charge is 0.238 e. The summed E-state index contributed by atoms with van der Waals surface area (Å²) in [4.78, 5) is 25.1. The predicted molar refractivity (Wildman–Crippen MR) is 102 cm³/mol. The number of anilines is 2. The van der Waals surface area contributed by atoms with Gasteiger partial charge in [0.25, 0.3) is 0 Å². The first-order valence-corrected chi connectivity index (χ1v) is 8.82. The Kier molecular flexibility index (Phi) is 5.90. The highest BCUT2D eigenvalue weighted by Crippen LogP contribution is 2.30. The van der Waals surface area contributed by atoms with E-state index in [1.165, 1.54) is 0 Å². The highest BCUT2D eigenvalue weighted by molar-refractivity contribution is 6.31. The molecule has 2 aromatic rings. The fourth-order valence-electron chi connectivity index (χ4n) is 2.91. The Bertz CT molecular complexity index is 764. The molecule has 0 unspecified atom stereocenters. The molecule has 2 heterocycles. The number of amides is 1. The van der Waals surface area contributed by atoms with E-state index in [1.54, 1.807) is 31.8 Å². The van der Waals surface area contributed by atoms with Crippen LogP contribution in [0.15, 0.2) is 30.7 Å². The number of carbonyl (C=O) groups is 1. The summed E-state index contributed by atoms with van der Waals surface area (Å²) < 4.78 is 5.30. The third-order valence-corrected chi connectivity index (χ3v) is 4.78. The molecule has 0 radical (unpaired) electrons. The molecular formula is C18H22ClN5O2. The number of aryl methyl sites for hydroxylation is 1. The number of benzene rings is 1. The number of aromatic nitrogens is 2. The van der Waals surface area contributed by atoms with Crippen molar-refractivity contribution < 1.29 is 9.53 Å². The number of hydrogen-bond donors (Lipinski definition) is 1. The molecule has 0 aliphatic carbocycles. The van der Waals surface area contributed by atoms with Crippen molar-refractivity contribution in [3.8, 4) is 5.75 Å². The Morgan fingerprint density at radius 1 is 1.27 bits per heavy atom. The van der Waals surface area contributed by atoms with Gasteiger partial charge in [-0.15, -0.1) is 0 Å². The Balaban J connectivity index is 1.54. The fraction of sp³-hybridized carbons (Fsp3) is 0.389. The average molecular weight is 376 g/mol. The number of halogens is 1. The van der Waals surface area contributed by atoms with Gasteiger partial charge in [-0.3, -0.25) is 14.7 Å². The van der Waals surface area contributed by atoms with Gasteiger partial charge in [-0.05, 0) is 18.6 Å². The van der Waals surface area contributed by atoms with Gasteiger partial charge in [0.05, 0.1) is 25.5 Å². The summed E-state index contributed by atoms with van der Waals surface area (Å²) >= 11 is 6.11. The lowest BCUT2D eigenvalue weighted by Crippen LogP contribution is -2.49. The molecule has 1 aromatic carbocycles. The van der Waals surface area contributed by atoms with Crippen LogP contribution in [-0.4, -0.2) is 60.6 Å². The van der Waals surface area contributed by atoms with Gasteiger partial charge in [0.1, 0.15) is 11.6 Å². The minimum absolute atomic E-state index is 0.0713. The van der Waals surface area contributed by atoms with Gasteiger partial charge in [-0.2, -0.15) is 0 Å². The first kappa shape index (κ1) is 18.4. The number of ether oxygens (including phenoxy) is 1. The maximum Gasteiger partial charge on any atom is 0.238 e. The molecule has 0 bridgehead atoms. The average Bonchev–Trinajstić information content (AvgIpc) is 2.66. The number of nitrogens with zero attached hydrogens (tertiary/aromatic N) is 4. The normalized spacial score (nSPS) is 15.0. The van der Waals surface area contributed by atoms with E-state index in [4.69, 9.17) is 16.3 Å². The second-order valence-electron chi connectivity index (χ2n) is 6.18. The molecule has 0 atom stereocenters. The van der Waals surface area contributed by atoms with E-state index in [0.717, 1.165) is 37.6 Å². The number of nitrogens with one attached hydrogen (secondary N) is 1. The van der Waals surface area contributed by atoms with Crippen LogP contribution in [0.5, 0.6) is 5.75 Å². The maximum absolute atomic E-state index is 12.4. The quantitative estimate of drug-likeness (QED) is 0.864. The molecule has 26 heavy (non-hydrogen) atoms. The summed E-state index contributed by atoms with van der Waals surface area (Å²) in [5.74, 6) is 1.36. The highest BCUT2D eigenvalue weighted by atomic mass is 35.5. The van der Waals surface area contributed by atoms with Gasteiger partial charge < -0.3 is 15.0 Å². The van der Waals surface area contributed by atoms with Crippen molar-refractivity contribution in [3.05, 3.63) is 41.3 Å². The van der Waals surface area contributed by atoms with Gasteiger partial charge >= 0.3 is 0 Å². The van der Waals surface area contributed by atoms with Gasteiger partial charge in [-0.1, -0.05) is 11.6 Å². The molecule has 138 valence electrons. The van der Waals surface area contributed by atoms with Crippen molar-refractivity contribution in [1.29, 1.82) is 0 Å². The standard InChI is InChI=1S/C18H22ClN5O2/c1-13-9-15(16(26-2)10-14(13)19)22-18(25)12-23-5-7-24(8-6-23)17-11-20-3-4-21-17/h3-4,9-11H,5-8,12H2,1-2H3,(H,22,25). The molecule has 1 saturated heterocycles. The summed E-state index contributed by atoms with van der Waals surface area (Å²) in [6, 6.07) is 3.54. The van der Waals surface area contributed by atoms with Crippen LogP contribution >= 0.6 is 11.6 Å². The van der Waals surface area contributed by atoms with Crippen LogP contribution in [0.4, 0.5) is 11.5 Å². The van der Waals surface area contributed by atoms with Gasteiger partial charge in [0.2, 0.25) is 5.91 Å². The molecule has 1 amide bonds. The number of piperazine rings is 1. The van der Waals surface area contributed by atoms with E-state index in [2.05, 4.69) is 25.1 Å². The Morgan fingerprint density at radius 2 is 2.04 bits per heavy atom. The van der Waals surface area contributed by atoms with Crippen molar-refractivity contribution in [3.63, 3.8) is 0 Å². The number of hydrogen-bond acceptors (Lipinski definition) is 6. The van der Waals surface area contributed by atoms with Crippen LogP contribution in [0, 0.1) is 6.92 Å². The summed E-state index contributed by atoms with van der Waals surface area (Å²) in [5.41, 5.74) is 1.53. The van der Waals surface area contributed by atoms with Gasteiger partial charge in [-0.25, -0.2) is 4.98 Å². The number of carbonyl (C=O) groups excluding carboxylic acids is 1. The minimum Gasteiger partial charge on any atom is -0.495 e. The molecule has 1 fully saturated rings. The first-order chi connectivity index (χ1) is 12.6. The van der Waals surface area contributed by atoms with E-state index in [9.17, 15) is 4.79 Å². The topological polar surface area (TPSA) is 70.6 Å². The highest BCUT2D eigenvalue weighted by Gasteiger charge is 2.20. The molecule has 3 rings (SSSR count). The lowest BCUT2D eigenvalue weighted by Gasteiger charge is -2.34. The van der Waals surface area contributed by atoms with Crippen molar-refractivity contribution in [2.24, 2.45) is 0 Å². The molecule has 1 aliphatic rings. The van der Waals surface area contributed by atoms with Crippen molar-refractivity contribution in [1.82, 2.24) is 14.9 Å². The monoisotopic (exact) mass is 375 g/mol. The van der Waals surface area contributed by atoms with Crippen LogP contribution in [0.25, 0.3) is 0 Å². The SMILES string of the molecule is COc1cc(Cl)c(C)cc1NC(=O)CN1CCN(c2cnccn2)CC1. The van der Waals surface area contributed by atoms with E-state index in [1.807, 2.05) is 13.0 Å². The molecule has 1 aromatic heterocycles. The van der Waals surface area contributed by atoms with Gasteiger partial charge in [0, 0.05) is 49.7 Å². The minimum atomic E-state index is -0.0713. The third kappa shape index (κ3) is 4.42. The summed E-state index contributed by atoms with van der Waals surface area (Å²) in [6.45, 7) is 5.44. The third-order valence-electron chi connectivity index (χ3n) is 4.37. The Labute approximate surface area is 157 Å². The largest absolute Gasteiger partial charge is 0.495 e. The van der Waals surface area contributed by atoms with E-state index in [-0.39, 0.29) is 5.91 Å². The van der Waals surface area contributed by atoms with Crippen LogP contribution in [-0.2, 0) is 4.79 Å². The van der Waals surface area contributed by atoms with Crippen LogP contribution in [0.2, 0.25) is 5.02 Å². The van der Waals surface area contributed by atoms with E-state index < -0.39 is 0 Å². The molecular weight excluding hydrogens is 354 g/mol. The van der Waals surface area contributed by atoms with Crippen molar-refractivity contribution in [2.45, 2.75) is 6.92 Å². The Hall–Kier alpha value is -2.38. The second kappa shape index (κ2) is 8.33. The predicted octanol–water partition coefficient (Wildman–Crippen LogP) is 2.21. The lowest BCUT2D eigenvalue weighted by atomic mass is 10.2. The van der Waals surface area contributed by atoms with Gasteiger partial charge in [0.15, 0.2) is 0 Å². The summed E-state index contributed by atoms with van der Waals surface area (Å²) in [7, 11) is 1.56. The van der Waals surface area contributed by atoms with Crippen LogP contribution in [0.3, 0.4) is 0 Å². The maximum atomic E-state index is 12.4. The van der Waals surface area contributed by atoms with Crippen LogP contribution < -0.4 is 15.0 Å². The van der Waals surface area contributed by atoms with Crippen LogP contribution in [0.1, 0.15) is 5.56 Å². The summed E-state index contributed by atoms with van der Waals surface area (Å²) in [6.07, 6.45) is 5.12. The second-order valence-corrected chi connectivity index (χ2v) is 6.58. The first-order valence-electron chi connectivity index (χ1n) is 8.44. The van der Waals surface area contributed by atoms with E-state index in [0.29, 0.717) is 23.0 Å². The molecule has 1 N–H and O–H groups in total. The molecule has 7 nitrogen and oxygen atoms in total. The molecule has 0 spiro atoms.